The van der Waals surface area contributed by atoms with E-state index >= 15 is 0 Å². The van der Waals surface area contributed by atoms with Gasteiger partial charge in [0.15, 0.2) is 0 Å². The van der Waals surface area contributed by atoms with Gasteiger partial charge in [-0.25, -0.2) is 0 Å². The third-order valence-corrected chi connectivity index (χ3v) is 4.66. The molecule has 0 radical (unpaired) electrons. The van der Waals surface area contributed by atoms with Crippen molar-refractivity contribution >= 4 is 23.4 Å². The topological polar surface area (TPSA) is 52.7 Å². The Morgan fingerprint density at radius 3 is 2.62 bits per heavy atom. The molecule has 2 unspecified atom stereocenters. The smallest absolute Gasteiger partial charge is 0.234 e. The highest BCUT2D eigenvalue weighted by Crippen LogP contribution is 2.19. The molecule has 24 heavy (non-hydrogen) atoms. The monoisotopic (exact) mass is 351 g/mol. The molecule has 132 valence electrons. The number of nitrogens with one attached hydrogen (secondary N) is 1. The van der Waals surface area contributed by atoms with E-state index in [0.29, 0.717) is 18.1 Å². The van der Waals surface area contributed by atoms with Crippen LogP contribution in [0.4, 0.5) is 0 Å². The first-order valence-electron chi connectivity index (χ1n) is 8.35. The van der Waals surface area contributed by atoms with Gasteiger partial charge in [0.05, 0.1) is 18.5 Å². The van der Waals surface area contributed by atoms with Gasteiger partial charge in [-0.15, -0.1) is 0 Å². The maximum atomic E-state index is 12.3. The third-order valence-electron chi connectivity index (χ3n) is 4.41. The molecule has 1 aromatic carbocycles. The Labute approximate surface area is 149 Å². The van der Waals surface area contributed by atoms with Crippen molar-refractivity contribution in [2.45, 2.75) is 25.8 Å². The molecule has 0 aliphatic carbocycles. The second-order valence-corrected chi connectivity index (χ2v) is 7.08. The molecule has 1 aliphatic heterocycles. The van der Waals surface area contributed by atoms with E-state index in [4.69, 9.17) is 11.6 Å². The summed E-state index contributed by atoms with van der Waals surface area (Å²) in [4.78, 5) is 28.1. The first kappa shape index (κ1) is 18.7. The van der Waals surface area contributed by atoms with Gasteiger partial charge in [0, 0.05) is 25.7 Å². The summed E-state index contributed by atoms with van der Waals surface area (Å²) in [6.07, 6.45) is 1.85. The number of hydrogen-bond donors (Lipinski definition) is 1. The van der Waals surface area contributed by atoms with Crippen molar-refractivity contribution in [2.75, 3.05) is 33.7 Å². The van der Waals surface area contributed by atoms with Gasteiger partial charge in [-0.05, 0) is 44.0 Å². The predicted octanol–water partition coefficient (Wildman–Crippen LogP) is 2.32. The quantitative estimate of drug-likeness (QED) is 0.885. The Morgan fingerprint density at radius 2 is 2.00 bits per heavy atom. The van der Waals surface area contributed by atoms with Crippen LogP contribution in [0.15, 0.2) is 24.3 Å². The average Bonchev–Trinajstić information content (AvgIpc) is 2.54. The number of nitrogens with zero attached hydrogens (tertiary/aromatic N) is 2. The van der Waals surface area contributed by atoms with Crippen LogP contribution in [0.5, 0.6) is 0 Å². The highest BCUT2D eigenvalue weighted by Gasteiger charge is 2.27. The van der Waals surface area contributed by atoms with Gasteiger partial charge >= 0.3 is 0 Å². The van der Waals surface area contributed by atoms with Gasteiger partial charge < -0.3 is 10.2 Å². The zero-order chi connectivity index (χ0) is 17.7. The summed E-state index contributed by atoms with van der Waals surface area (Å²) >= 11 is 5.89. The number of hydrogen-bond acceptors (Lipinski definition) is 3. The van der Waals surface area contributed by atoms with E-state index in [9.17, 15) is 9.59 Å². The number of rotatable bonds is 5. The van der Waals surface area contributed by atoms with Gasteiger partial charge in [0.25, 0.3) is 0 Å². The van der Waals surface area contributed by atoms with Gasteiger partial charge in [-0.1, -0.05) is 23.7 Å². The lowest BCUT2D eigenvalue weighted by molar-refractivity contribution is -0.135. The number of carbonyl (C=O) groups excluding carboxylic acids is 2. The van der Waals surface area contributed by atoms with Crippen LogP contribution in [0.2, 0.25) is 5.02 Å². The van der Waals surface area contributed by atoms with E-state index in [1.54, 1.807) is 19.0 Å². The van der Waals surface area contributed by atoms with Crippen LogP contribution in [0.25, 0.3) is 0 Å². The number of amides is 2. The molecule has 1 fully saturated rings. The van der Waals surface area contributed by atoms with Gasteiger partial charge in [0.2, 0.25) is 11.8 Å². The van der Waals surface area contributed by atoms with Crippen LogP contribution in [-0.4, -0.2) is 55.3 Å². The van der Waals surface area contributed by atoms with E-state index in [-0.39, 0.29) is 23.8 Å². The maximum Gasteiger partial charge on any atom is 0.234 e. The molecule has 0 bridgehead atoms. The van der Waals surface area contributed by atoms with Crippen molar-refractivity contribution in [2.24, 2.45) is 5.92 Å². The molecule has 2 rings (SSSR count). The fraction of sp³-hybridized carbons (Fsp3) is 0.556. The molecule has 2 amide bonds. The van der Waals surface area contributed by atoms with Crippen LogP contribution < -0.4 is 5.32 Å². The van der Waals surface area contributed by atoms with Crippen molar-refractivity contribution in [3.05, 3.63) is 34.9 Å². The minimum atomic E-state index is -0.0706. The minimum absolute atomic E-state index is 0.00441. The number of likely N-dealkylation sites (tertiary alicyclic amines) is 1. The lowest BCUT2D eigenvalue weighted by Crippen LogP contribution is -2.46. The van der Waals surface area contributed by atoms with Crippen LogP contribution in [0.3, 0.4) is 0 Å². The normalized spacial score (nSPS) is 19.6. The van der Waals surface area contributed by atoms with Gasteiger partial charge in [-0.2, -0.15) is 0 Å². The molecule has 1 aliphatic rings. The van der Waals surface area contributed by atoms with Crippen molar-refractivity contribution in [1.29, 1.82) is 0 Å². The zero-order valence-electron chi connectivity index (χ0n) is 14.6. The minimum Gasteiger partial charge on any atom is -0.349 e. The van der Waals surface area contributed by atoms with Crippen LogP contribution in [0, 0.1) is 5.92 Å². The molecule has 0 saturated carbocycles. The number of piperidine rings is 1. The summed E-state index contributed by atoms with van der Waals surface area (Å²) in [5, 5.41) is 3.69. The summed E-state index contributed by atoms with van der Waals surface area (Å²) in [5.74, 6) is 0.125. The van der Waals surface area contributed by atoms with E-state index < -0.39 is 0 Å². The Bertz CT molecular complexity index is 574. The van der Waals surface area contributed by atoms with Gasteiger partial charge in [0.1, 0.15) is 0 Å². The van der Waals surface area contributed by atoms with E-state index in [1.807, 2.05) is 31.2 Å². The van der Waals surface area contributed by atoms with Crippen molar-refractivity contribution in [3.63, 3.8) is 0 Å². The molecular formula is C18H26ClN3O2. The Balaban J connectivity index is 1.85. The number of halogens is 1. The van der Waals surface area contributed by atoms with Crippen molar-refractivity contribution in [3.8, 4) is 0 Å². The van der Waals surface area contributed by atoms with E-state index in [0.717, 1.165) is 24.9 Å². The fourth-order valence-corrected chi connectivity index (χ4v) is 3.22. The summed E-state index contributed by atoms with van der Waals surface area (Å²) in [6, 6.07) is 7.40. The van der Waals surface area contributed by atoms with Crippen LogP contribution in [0.1, 0.15) is 31.4 Å². The Morgan fingerprint density at radius 1 is 1.33 bits per heavy atom. The summed E-state index contributed by atoms with van der Waals surface area (Å²) in [7, 11) is 3.56. The lowest BCUT2D eigenvalue weighted by Gasteiger charge is -2.33. The van der Waals surface area contributed by atoms with E-state index in [2.05, 4.69) is 10.2 Å². The second kappa shape index (κ2) is 8.49. The molecule has 1 aromatic rings. The molecule has 0 aromatic heterocycles. The molecule has 5 nitrogen and oxygen atoms in total. The van der Waals surface area contributed by atoms with Crippen LogP contribution in [-0.2, 0) is 9.59 Å². The largest absolute Gasteiger partial charge is 0.349 e. The summed E-state index contributed by atoms with van der Waals surface area (Å²) < 4.78 is 0. The Hall–Kier alpha value is -1.59. The van der Waals surface area contributed by atoms with Crippen LogP contribution >= 0.6 is 11.6 Å². The molecular weight excluding hydrogens is 326 g/mol. The van der Waals surface area contributed by atoms with Crippen molar-refractivity contribution in [1.82, 2.24) is 15.1 Å². The lowest BCUT2D eigenvalue weighted by atomic mass is 9.97. The molecule has 1 saturated heterocycles. The fourth-order valence-electron chi connectivity index (χ4n) is 3.09. The summed E-state index contributed by atoms with van der Waals surface area (Å²) in [5.41, 5.74) is 1.02. The second-order valence-electron chi connectivity index (χ2n) is 6.65. The Kier molecular flexibility index (Phi) is 6.63. The molecule has 6 heteroatoms. The van der Waals surface area contributed by atoms with Gasteiger partial charge in [-0.3, -0.25) is 14.5 Å². The zero-order valence-corrected chi connectivity index (χ0v) is 15.3. The highest BCUT2D eigenvalue weighted by molar-refractivity contribution is 6.30. The molecule has 1 heterocycles. The number of carbonyl (C=O) groups is 2. The van der Waals surface area contributed by atoms with E-state index in [1.165, 1.54) is 0 Å². The first-order valence-corrected chi connectivity index (χ1v) is 8.73. The highest BCUT2D eigenvalue weighted by atomic mass is 35.5. The number of benzene rings is 1. The standard InChI is InChI=1S/C18H26ClN3O2/c1-13(14-6-8-16(19)9-7-14)20-17(23)12-22-10-4-5-15(11-22)18(24)21(2)3/h6-9,13,15H,4-5,10-12H2,1-3H3,(H,20,23). The molecule has 1 N–H and O–H groups in total. The molecule has 0 spiro atoms. The van der Waals surface area contributed by atoms with Crippen molar-refractivity contribution < 1.29 is 9.59 Å². The average molecular weight is 352 g/mol. The molecule has 2 atom stereocenters. The first-order chi connectivity index (χ1) is 11.4. The maximum absolute atomic E-state index is 12.3. The summed E-state index contributed by atoms with van der Waals surface area (Å²) in [6.45, 7) is 3.80. The SMILES string of the molecule is CC(NC(=O)CN1CCCC(C(=O)N(C)C)C1)c1ccc(Cl)cc1. The third kappa shape index (κ3) is 5.21. The predicted molar refractivity (Wildman–Crippen MR) is 95.9 cm³/mol.